The molecule has 0 fully saturated rings. The fraction of sp³-hybridized carbons (Fsp3) is 0.667. The first kappa shape index (κ1) is 16.2. The van der Waals surface area contributed by atoms with E-state index in [1.54, 1.807) is 11.3 Å². The first-order chi connectivity index (χ1) is 8.99. The largest absolute Gasteiger partial charge is 0.353 e. The smallest absolute Gasteiger partial charge is 0.223 e. The second kappa shape index (κ2) is 8.33. The summed E-state index contributed by atoms with van der Waals surface area (Å²) in [7, 11) is 0. The van der Waals surface area contributed by atoms with E-state index >= 15 is 0 Å². The summed E-state index contributed by atoms with van der Waals surface area (Å²) in [5.74, 6) is 0.235. The zero-order chi connectivity index (χ0) is 14.3. The van der Waals surface area contributed by atoms with E-state index in [4.69, 9.17) is 5.73 Å². The van der Waals surface area contributed by atoms with Crippen LogP contribution < -0.4 is 11.1 Å². The molecule has 1 aromatic heterocycles. The number of nitrogens with two attached hydrogens (primary N) is 1. The number of hydrogen-bond acceptors (Lipinski definition) is 3. The molecule has 3 unspecified atom stereocenters. The van der Waals surface area contributed by atoms with Crippen LogP contribution in [0.5, 0.6) is 0 Å². The molecule has 3 N–H and O–H groups in total. The molecule has 0 saturated carbocycles. The number of carbonyl (C=O) groups is 1. The number of thiophene rings is 1. The Kier molecular flexibility index (Phi) is 7.10. The van der Waals surface area contributed by atoms with Crippen LogP contribution in [0.25, 0.3) is 0 Å². The highest BCUT2D eigenvalue weighted by Crippen LogP contribution is 2.13. The molecule has 0 radical (unpaired) electrons. The summed E-state index contributed by atoms with van der Waals surface area (Å²) in [5, 5.41) is 5.16. The highest BCUT2D eigenvalue weighted by Gasteiger charge is 2.15. The van der Waals surface area contributed by atoms with Gasteiger partial charge in [-0.05, 0) is 38.1 Å². The fourth-order valence-electron chi connectivity index (χ4n) is 2.04. The van der Waals surface area contributed by atoms with E-state index in [1.807, 2.05) is 19.9 Å². The Morgan fingerprint density at radius 2 is 2.11 bits per heavy atom. The molecule has 108 valence electrons. The van der Waals surface area contributed by atoms with Crippen molar-refractivity contribution in [1.29, 1.82) is 0 Å². The van der Waals surface area contributed by atoms with Crippen LogP contribution in [0.2, 0.25) is 0 Å². The Balaban J connectivity index is 2.25. The van der Waals surface area contributed by atoms with Crippen LogP contribution in [0, 0.1) is 5.92 Å². The molecule has 0 aliphatic rings. The van der Waals surface area contributed by atoms with E-state index in [-0.39, 0.29) is 23.9 Å². The van der Waals surface area contributed by atoms with Crippen molar-refractivity contribution in [3.05, 3.63) is 22.4 Å². The molecule has 0 bridgehead atoms. The van der Waals surface area contributed by atoms with Crippen LogP contribution in [-0.2, 0) is 11.2 Å². The standard InChI is InChI=1S/C15H26N2OS/c1-11(6-4-7-12(2)16)15(18)17-13(3)10-14-8-5-9-19-14/h5,8-9,11-13H,4,6-7,10,16H2,1-3H3,(H,17,18). The summed E-state index contributed by atoms with van der Waals surface area (Å²) in [6.45, 7) is 6.06. The van der Waals surface area contributed by atoms with Gasteiger partial charge in [0.05, 0.1) is 0 Å². The van der Waals surface area contributed by atoms with Crippen LogP contribution in [0.3, 0.4) is 0 Å². The molecule has 1 amide bonds. The third-order valence-corrected chi connectivity index (χ3v) is 4.12. The molecule has 0 aromatic carbocycles. The third-order valence-electron chi connectivity index (χ3n) is 3.22. The predicted molar refractivity (Wildman–Crippen MR) is 82.3 cm³/mol. The monoisotopic (exact) mass is 282 g/mol. The first-order valence-corrected chi connectivity index (χ1v) is 7.95. The summed E-state index contributed by atoms with van der Waals surface area (Å²) >= 11 is 1.74. The summed E-state index contributed by atoms with van der Waals surface area (Å²) < 4.78 is 0. The van der Waals surface area contributed by atoms with E-state index in [0.29, 0.717) is 0 Å². The number of nitrogens with one attached hydrogen (secondary N) is 1. The van der Waals surface area contributed by atoms with Gasteiger partial charge in [0.1, 0.15) is 0 Å². The van der Waals surface area contributed by atoms with Crippen molar-refractivity contribution in [2.24, 2.45) is 11.7 Å². The predicted octanol–water partition coefficient (Wildman–Crippen LogP) is 2.95. The van der Waals surface area contributed by atoms with Gasteiger partial charge in [0.15, 0.2) is 0 Å². The number of amides is 1. The maximum atomic E-state index is 12.0. The minimum Gasteiger partial charge on any atom is -0.353 e. The van der Waals surface area contributed by atoms with Gasteiger partial charge in [-0.2, -0.15) is 0 Å². The van der Waals surface area contributed by atoms with Crippen molar-refractivity contribution in [2.75, 3.05) is 0 Å². The highest BCUT2D eigenvalue weighted by atomic mass is 32.1. The summed E-state index contributed by atoms with van der Waals surface area (Å²) in [6, 6.07) is 4.58. The molecule has 3 nitrogen and oxygen atoms in total. The molecule has 1 aromatic rings. The minimum atomic E-state index is 0.0736. The van der Waals surface area contributed by atoms with Crippen LogP contribution in [-0.4, -0.2) is 18.0 Å². The Labute approximate surface area is 120 Å². The van der Waals surface area contributed by atoms with Crippen molar-refractivity contribution in [3.63, 3.8) is 0 Å². The van der Waals surface area contributed by atoms with Crippen molar-refractivity contribution in [2.45, 2.75) is 58.5 Å². The van der Waals surface area contributed by atoms with Crippen molar-refractivity contribution < 1.29 is 4.79 Å². The van der Waals surface area contributed by atoms with Gasteiger partial charge < -0.3 is 11.1 Å². The van der Waals surface area contributed by atoms with E-state index in [0.717, 1.165) is 25.7 Å². The van der Waals surface area contributed by atoms with Gasteiger partial charge in [-0.1, -0.05) is 19.4 Å². The van der Waals surface area contributed by atoms with Crippen molar-refractivity contribution in [1.82, 2.24) is 5.32 Å². The molecule has 19 heavy (non-hydrogen) atoms. The summed E-state index contributed by atoms with van der Waals surface area (Å²) in [5.41, 5.74) is 5.71. The quantitative estimate of drug-likeness (QED) is 0.770. The lowest BCUT2D eigenvalue weighted by Crippen LogP contribution is -2.37. The molecule has 0 saturated heterocycles. The van der Waals surface area contributed by atoms with Crippen LogP contribution in [0.1, 0.15) is 44.9 Å². The average molecular weight is 282 g/mol. The molecule has 0 aliphatic carbocycles. The molecule has 4 heteroatoms. The summed E-state index contributed by atoms with van der Waals surface area (Å²) in [4.78, 5) is 13.3. The van der Waals surface area contributed by atoms with E-state index in [2.05, 4.69) is 23.7 Å². The lowest BCUT2D eigenvalue weighted by molar-refractivity contribution is -0.125. The van der Waals surface area contributed by atoms with Crippen molar-refractivity contribution in [3.8, 4) is 0 Å². The normalized spacial score (nSPS) is 15.8. The van der Waals surface area contributed by atoms with Gasteiger partial charge in [-0.25, -0.2) is 0 Å². The van der Waals surface area contributed by atoms with Gasteiger partial charge in [0.2, 0.25) is 5.91 Å². The Morgan fingerprint density at radius 3 is 2.68 bits per heavy atom. The zero-order valence-electron chi connectivity index (χ0n) is 12.2. The maximum absolute atomic E-state index is 12.0. The zero-order valence-corrected chi connectivity index (χ0v) is 13.0. The SMILES string of the molecule is CC(N)CCCC(C)C(=O)NC(C)Cc1cccs1. The van der Waals surface area contributed by atoms with Crippen LogP contribution in [0.15, 0.2) is 17.5 Å². The second-order valence-electron chi connectivity index (χ2n) is 5.50. The van der Waals surface area contributed by atoms with E-state index in [1.165, 1.54) is 4.88 Å². The van der Waals surface area contributed by atoms with Crippen LogP contribution in [0.4, 0.5) is 0 Å². The van der Waals surface area contributed by atoms with Gasteiger partial charge in [-0.3, -0.25) is 4.79 Å². The van der Waals surface area contributed by atoms with Gasteiger partial charge in [-0.15, -0.1) is 11.3 Å². The third kappa shape index (κ3) is 6.73. The van der Waals surface area contributed by atoms with E-state index < -0.39 is 0 Å². The maximum Gasteiger partial charge on any atom is 0.223 e. The highest BCUT2D eigenvalue weighted by molar-refractivity contribution is 7.09. The number of rotatable bonds is 8. The Morgan fingerprint density at radius 1 is 1.37 bits per heavy atom. The molecule has 3 atom stereocenters. The second-order valence-corrected chi connectivity index (χ2v) is 6.53. The molecule has 0 aliphatic heterocycles. The molecular weight excluding hydrogens is 256 g/mol. The molecular formula is C15H26N2OS. The lowest BCUT2D eigenvalue weighted by atomic mass is 10.0. The lowest BCUT2D eigenvalue weighted by Gasteiger charge is -2.17. The Hall–Kier alpha value is -0.870. The van der Waals surface area contributed by atoms with Gasteiger partial charge in [0, 0.05) is 29.3 Å². The fourth-order valence-corrected chi connectivity index (χ4v) is 2.88. The van der Waals surface area contributed by atoms with E-state index in [9.17, 15) is 4.79 Å². The minimum absolute atomic E-state index is 0.0736. The summed E-state index contributed by atoms with van der Waals surface area (Å²) in [6.07, 6.45) is 3.84. The average Bonchev–Trinajstić information content (AvgIpc) is 2.80. The van der Waals surface area contributed by atoms with Gasteiger partial charge >= 0.3 is 0 Å². The first-order valence-electron chi connectivity index (χ1n) is 7.07. The molecule has 0 spiro atoms. The van der Waals surface area contributed by atoms with Crippen molar-refractivity contribution >= 4 is 17.2 Å². The van der Waals surface area contributed by atoms with Crippen LogP contribution >= 0.6 is 11.3 Å². The Bertz CT molecular complexity index is 362. The van der Waals surface area contributed by atoms with Gasteiger partial charge in [0.25, 0.3) is 0 Å². The molecule has 1 heterocycles. The topological polar surface area (TPSA) is 55.1 Å². The molecule has 1 rings (SSSR count). The number of hydrogen-bond donors (Lipinski definition) is 2. The number of carbonyl (C=O) groups excluding carboxylic acids is 1.